The second-order valence-electron chi connectivity index (χ2n) is 6.22. The Morgan fingerprint density at radius 1 is 1.17 bits per heavy atom. The zero-order chi connectivity index (χ0) is 21.4. The van der Waals surface area contributed by atoms with Crippen molar-refractivity contribution in [2.75, 3.05) is 27.4 Å². The number of methoxy groups -OCH3 is 2. The van der Waals surface area contributed by atoms with E-state index in [9.17, 15) is 20.1 Å². The average molecular weight is 410 g/mol. The molecule has 1 aromatic rings. The lowest BCUT2D eigenvalue weighted by molar-refractivity contribution is -0.294. The lowest BCUT2D eigenvalue weighted by Crippen LogP contribution is -2.59. The predicted octanol–water partition coefficient (Wildman–Crippen LogP) is 0.270. The van der Waals surface area contributed by atoms with Crippen LogP contribution in [0.1, 0.15) is 5.56 Å². The Kier molecular flexibility index (Phi) is 8.62. The van der Waals surface area contributed by atoms with Crippen LogP contribution in [0.25, 0.3) is 6.08 Å². The maximum Gasteiger partial charge on any atom is 0.330 e. The first-order valence-electron chi connectivity index (χ1n) is 8.90. The highest BCUT2D eigenvalue weighted by Gasteiger charge is 2.44. The Morgan fingerprint density at radius 2 is 1.93 bits per heavy atom. The van der Waals surface area contributed by atoms with Gasteiger partial charge >= 0.3 is 5.97 Å². The molecule has 0 bridgehead atoms. The Balaban J connectivity index is 1.95. The van der Waals surface area contributed by atoms with Crippen molar-refractivity contribution in [2.24, 2.45) is 0 Å². The third-order valence-corrected chi connectivity index (χ3v) is 4.25. The van der Waals surface area contributed by atoms with Gasteiger partial charge in [0.25, 0.3) is 0 Å². The lowest BCUT2D eigenvalue weighted by atomic mass is 9.99. The van der Waals surface area contributed by atoms with Crippen LogP contribution in [0.3, 0.4) is 0 Å². The number of esters is 1. The van der Waals surface area contributed by atoms with Gasteiger partial charge < -0.3 is 39.0 Å². The van der Waals surface area contributed by atoms with Crippen molar-refractivity contribution in [1.82, 2.24) is 0 Å². The van der Waals surface area contributed by atoms with Gasteiger partial charge in [-0.25, -0.2) is 4.79 Å². The standard InChI is InChI=1S/C20H26O9/c1-4-9-27-14-10-12(5-7-13(14)25-2)6-8-16(21)28-11-15-17(22)18(23)19(24)20(26-3)29-15/h4-8,10,15,17-20,22-24H,1,9,11H2,2-3H3/b8-6+/t15-,17-,18+,19-,20?/m1/s1. The number of benzene rings is 1. The van der Waals surface area contributed by atoms with Gasteiger partial charge in [-0.15, -0.1) is 0 Å². The van der Waals surface area contributed by atoms with E-state index in [2.05, 4.69) is 6.58 Å². The SMILES string of the molecule is C=CCOc1cc(/C=C/C(=O)OC[C@H]2OC(OC)[C@H](O)[C@@H](O)[C@@H]2O)ccc1OC. The third kappa shape index (κ3) is 6.02. The first kappa shape index (κ1) is 22.9. The van der Waals surface area contributed by atoms with Gasteiger partial charge in [0.2, 0.25) is 0 Å². The highest BCUT2D eigenvalue weighted by molar-refractivity contribution is 5.87. The summed E-state index contributed by atoms with van der Waals surface area (Å²) in [6, 6.07) is 5.13. The molecule has 9 heteroatoms. The molecule has 1 aliphatic heterocycles. The van der Waals surface area contributed by atoms with Gasteiger partial charge in [-0.3, -0.25) is 0 Å². The zero-order valence-electron chi connectivity index (χ0n) is 16.3. The summed E-state index contributed by atoms with van der Waals surface area (Å²) in [6.45, 7) is 3.56. The van der Waals surface area contributed by atoms with Gasteiger partial charge in [-0.2, -0.15) is 0 Å². The topological polar surface area (TPSA) is 124 Å². The van der Waals surface area contributed by atoms with Crippen molar-refractivity contribution < 1.29 is 43.8 Å². The van der Waals surface area contributed by atoms with E-state index in [0.29, 0.717) is 23.7 Å². The summed E-state index contributed by atoms with van der Waals surface area (Å²) in [5, 5.41) is 29.5. The number of carbonyl (C=O) groups excluding carboxylic acids is 1. The van der Waals surface area contributed by atoms with E-state index < -0.39 is 36.7 Å². The molecule has 0 saturated carbocycles. The monoisotopic (exact) mass is 410 g/mol. The largest absolute Gasteiger partial charge is 0.493 e. The minimum atomic E-state index is -1.48. The highest BCUT2D eigenvalue weighted by Crippen LogP contribution is 2.28. The van der Waals surface area contributed by atoms with Crippen LogP contribution in [0.2, 0.25) is 0 Å². The van der Waals surface area contributed by atoms with Gasteiger partial charge in [-0.05, 0) is 23.8 Å². The molecule has 1 aliphatic rings. The van der Waals surface area contributed by atoms with Gasteiger partial charge in [0.05, 0.1) is 7.11 Å². The Morgan fingerprint density at radius 3 is 2.59 bits per heavy atom. The molecular formula is C20H26O9. The summed E-state index contributed by atoms with van der Waals surface area (Å²) in [4.78, 5) is 12.0. The number of carbonyl (C=O) groups is 1. The smallest absolute Gasteiger partial charge is 0.330 e. The van der Waals surface area contributed by atoms with E-state index in [1.165, 1.54) is 26.4 Å². The molecule has 0 aromatic heterocycles. The molecule has 0 amide bonds. The zero-order valence-corrected chi connectivity index (χ0v) is 16.3. The predicted molar refractivity (Wildman–Crippen MR) is 102 cm³/mol. The van der Waals surface area contributed by atoms with Crippen LogP contribution >= 0.6 is 0 Å². The van der Waals surface area contributed by atoms with Crippen molar-refractivity contribution in [3.8, 4) is 11.5 Å². The quantitative estimate of drug-likeness (QED) is 0.299. The van der Waals surface area contributed by atoms with Crippen molar-refractivity contribution in [2.45, 2.75) is 30.7 Å². The van der Waals surface area contributed by atoms with E-state index >= 15 is 0 Å². The molecular weight excluding hydrogens is 384 g/mol. The lowest BCUT2D eigenvalue weighted by Gasteiger charge is -2.39. The molecule has 0 radical (unpaired) electrons. The molecule has 1 saturated heterocycles. The Bertz CT molecular complexity index is 716. The molecule has 29 heavy (non-hydrogen) atoms. The molecule has 2 rings (SSSR count). The molecule has 1 heterocycles. The van der Waals surface area contributed by atoms with Gasteiger partial charge in [-0.1, -0.05) is 18.7 Å². The van der Waals surface area contributed by atoms with E-state index in [0.717, 1.165) is 0 Å². The van der Waals surface area contributed by atoms with E-state index in [1.807, 2.05) is 0 Å². The molecule has 1 fully saturated rings. The summed E-state index contributed by atoms with van der Waals surface area (Å²) in [5.74, 6) is 0.364. The van der Waals surface area contributed by atoms with Crippen molar-refractivity contribution in [3.05, 3.63) is 42.5 Å². The van der Waals surface area contributed by atoms with Gasteiger partial charge in [0, 0.05) is 13.2 Å². The molecule has 3 N–H and O–H groups in total. The van der Waals surface area contributed by atoms with Gasteiger partial charge in [0.15, 0.2) is 17.8 Å². The number of hydrogen-bond acceptors (Lipinski definition) is 9. The van der Waals surface area contributed by atoms with Crippen LogP contribution in [-0.4, -0.2) is 79.4 Å². The summed E-state index contributed by atoms with van der Waals surface area (Å²) >= 11 is 0. The molecule has 0 spiro atoms. The average Bonchev–Trinajstić information content (AvgIpc) is 2.74. The fraction of sp³-hybridized carbons (Fsp3) is 0.450. The molecule has 1 aromatic carbocycles. The second kappa shape index (κ2) is 10.9. The maximum absolute atomic E-state index is 12.0. The number of hydrogen-bond donors (Lipinski definition) is 3. The van der Waals surface area contributed by atoms with Crippen LogP contribution < -0.4 is 9.47 Å². The molecule has 5 atom stereocenters. The fourth-order valence-electron chi connectivity index (χ4n) is 2.68. The third-order valence-electron chi connectivity index (χ3n) is 4.25. The molecule has 1 unspecified atom stereocenters. The summed E-state index contributed by atoms with van der Waals surface area (Å²) in [6.07, 6.45) is -2.18. The van der Waals surface area contributed by atoms with E-state index in [4.69, 9.17) is 23.7 Å². The Hall–Kier alpha value is -2.43. The van der Waals surface area contributed by atoms with E-state index in [1.54, 1.807) is 24.3 Å². The molecule has 9 nitrogen and oxygen atoms in total. The summed E-state index contributed by atoms with van der Waals surface area (Å²) in [7, 11) is 2.81. The van der Waals surface area contributed by atoms with Crippen molar-refractivity contribution in [1.29, 1.82) is 0 Å². The van der Waals surface area contributed by atoms with Crippen molar-refractivity contribution >= 4 is 12.0 Å². The highest BCUT2D eigenvalue weighted by atomic mass is 16.7. The number of aliphatic hydroxyl groups excluding tert-OH is 3. The summed E-state index contributed by atoms with van der Waals surface area (Å²) in [5.41, 5.74) is 0.675. The van der Waals surface area contributed by atoms with Crippen LogP contribution in [0.5, 0.6) is 11.5 Å². The van der Waals surface area contributed by atoms with E-state index in [-0.39, 0.29) is 6.61 Å². The minimum Gasteiger partial charge on any atom is -0.493 e. The Labute approximate surface area is 168 Å². The summed E-state index contributed by atoms with van der Waals surface area (Å²) < 4.78 is 26.0. The van der Waals surface area contributed by atoms with Crippen LogP contribution in [0.4, 0.5) is 0 Å². The minimum absolute atomic E-state index is 0.304. The normalized spacial score (nSPS) is 26.9. The van der Waals surface area contributed by atoms with Crippen LogP contribution in [-0.2, 0) is 19.0 Å². The fourth-order valence-corrected chi connectivity index (χ4v) is 2.68. The number of rotatable bonds is 9. The second-order valence-corrected chi connectivity index (χ2v) is 6.22. The van der Waals surface area contributed by atoms with Crippen molar-refractivity contribution in [3.63, 3.8) is 0 Å². The van der Waals surface area contributed by atoms with Crippen LogP contribution in [0, 0.1) is 0 Å². The number of aliphatic hydroxyl groups is 3. The molecule has 160 valence electrons. The van der Waals surface area contributed by atoms with Crippen LogP contribution in [0.15, 0.2) is 36.9 Å². The number of ether oxygens (including phenoxy) is 5. The first-order chi connectivity index (χ1) is 13.9. The van der Waals surface area contributed by atoms with Gasteiger partial charge in [0.1, 0.15) is 37.6 Å². The maximum atomic E-state index is 12.0. The molecule has 0 aliphatic carbocycles. The first-order valence-corrected chi connectivity index (χ1v) is 8.90.